The molecule has 94 valence electrons. The van der Waals surface area contributed by atoms with Crippen molar-refractivity contribution in [2.24, 2.45) is 0 Å². The molecule has 1 heterocycles. The molecule has 3 aromatic rings. The van der Waals surface area contributed by atoms with Crippen LogP contribution in [0.4, 0.5) is 5.69 Å². The van der Waals surface area contributed by atoms with Gasteiger partial charge in [0.2, 0.25) is 0 Å². The van der Waals surface area contributed by atoms with Gasteiger partial charge in [0.15, 0.2) is 0 Å². The molecule has 0 aliphatic rings. The smallest absolute Gasteiger partial charge is 0.0940 e. The van der Waals surface area contributed by atoms with Crippen molar-refractivity contribution in [1.29, 1.82) is 0 Å². The molecule has 2 aromatic carbocycles. The molecular formula is C16H13ClN2. The van der Waals surface area contributed by atoms with Crippen molar-refractivity contribution < 1.29 is 0 Å². The Bertz CT molecular complexity index is 766. The monoisotopic (exact) mass is 268 g/mol. The summed E-state index contributed by atoms with van der Waals surface area (Å²) in [6, 6.07) is 13.8. The van der Waals surface area contributed by atoms with E-state index in [0.29, 0.717) is 0 Å². The largest absolute Gasteiger partial charge is 0.397 e. The maximum Gasteiger partial charge on any atom is 0.0940 e. The molecule has 19 heavy (non-hydrogen) atoms. The van der Waals surface area contributed by atoms with Crippen molar-refractivity contribution in [2.75, 3.05) is 5.73 Å². The van der Waals surface area contributed by atoms with Gasteiger partial charge in [-0.05, 0) is 30.0 Å². The fourth-order valence-corrected chi connectivity index (χ4v) is 2.48. The number of nitrogens with two attached hydrogens (primary N) is 1. The molecule has 0 aliphatic heterocycles. The van der Waals surface area contributed by atoms with E-state index in [0.717, 1.165) is 38.3 Å². The molecule has 0 unspecified atom stereocenters. The Morgan fingerprint density at radius 2 is 1.74 bits per heavy atom. The first-order valence-corrected chi connectivity index (χ1v) is 6.45. The molecule has 0 radical (unpaired) electrons. The summed E-state index contributed by atoms with van der Waals surface area (Å²) in [7, 11) is 0. The maximum absolute atomic E-state index is 6.24. The Morgan fingerprint density at radius 1 is 1.00 bits per heavy atom. The quantitative estimate of drug-likeness (QED) is 0.708. The summed E-state index contributed by atoms with van der Waals surface area (Å²) < 4.78 is 0. The molecule has 0 atom stereocenters. The van der Waals surface area contributed by atoms with Crippen LogP contribution >= 0.6 is 11.6 Å². The second-order valence-corrected chi connectivity index (χ2v) is 4.94. The summed E-state index contributed by atoms with van der Waals surface area (Å²) in [6.45, 7) is 1.98. The topological polar surface area (TPSA) is 38.9 Å². The van der Waals surface area contributed by atoms with Crippen LogP contribution in [0.5, 0.6) is 0 Å². The second kappa shape index (κ2) is 4.56. The lowest BCUT2D eigenvalue weighted by atomic mass is 10.00. The number of pyridine rings is 1. The lowest BCUT2D eigenvalue weighted by Crippen LogP contribution is -1.96. The molecule has 0 spiro atoms. The molecule has 3 rings (SSSR count). The summed E-state index contributed by atoms with van der Waals surface area (Å²) in [4.78, 5) is 4.42. The average Bonchev–Trinajstić information content (AvgIpc) is 2.43. The van der Waals surface area contributed by atoms with Gasteiger partial charge in [0.25, 0.3) is 0 Å². The van der Waals surface area contributed by atoms with Gasteiger partial charge in [0.1, 0.15) is 0 Å². The van der Waals surface area contributed by atoms with Gasteiger partial charge in [0, 0.05) is 22.2 Å². The van der Waals surface area contributed by atoms with Gasteiger partial charge in [-0.2, -0.15) is 0 Å². The van der Waals surface area contributed by atoms with Crippen LogP contribution in [0.1, 0.15) is 5.56 Å². The van der Waals surface area contributed by atoms with Crippen LogP contribution in [-0.2, 0) is 0 Å². The van der Waals surface area contributed by atoms with Crippen molar-refractivity contribution in [2.45, 2.75) is 6.92 Å². The third-order valence-corrected chi connectivity index (χ3v) is 3.66. The Morgan fingerprint density at radius 3 is 2.53 bits per heavy atom. The molecule has 0 fully saturated rings. The molecule has 0 bridgehead atoms. The molecule has 0 saturated carbocycles. The minimum atomic E-state index is 0.718. The van der Waals surface area contributed by atoms with Crippen molar-refractivity contribution >= 4 is 28.1 Å². The van der Waals surface area contributed by atoms with E-state index in [1.165, 1.54) is 0 Å². The van der Waals surface area contributed by atoms with Gasteiger partial charge in [-0.25, -0.2) is 0 Å². The number of aromatic nitrogens is 1. The summed E-state index contributed by atoms with van der Waals surface area (Å²) in [5.74, 6) is 0. The van der Waals surface area contributed by atoms with E-state index < -0.39 is 0 Å². The third kappa shape index (κ3) is 1.94. The fraction of sp³-hybridized carbons (Fsp3) is 0.0625. The summed E-state index contributed by atoms with van der Waals surface area (Å²) in [5.41, 5.74) is 9.73. The highest BCUT2D eigenvalue weighted by Gasteiger charge is 2.11. The highest BCUT2D eigenvalue weighted by atomic mass is 35.5. The van der Waals surface area contributed by atoms with E-state index in [-0.39, 0.29) is 0 Å². The minimum absolute atomic E-state index is 0.718. The van der Waals surface area contributed by atoms with Crippen LogP contribution in [0.2, 0.25) is 5.02 Å². The van der Waals surface area contributed by atoms with Gasteiger partial charge in [0.05, 0.1) is 11.4 Å². The number of anilines is 1. The average molecular weight is 269 g/mol. The molecule has 0 amide bonds. The molecule has 0 saturated heterocycles. The third-order valence-electron chi connectivity index (χ3n) is 3.33. The van der Waals surface area contributed by atoms with E-state index in [2.05, 4.69) is 4.98 Å². The van der Waals surface area contributed by atoms with Gasteiger partial charge in [-0.1, -0.05) is 41.9 Å². The Labute approximate surface area is 116 Å². The first-order valence-electron chi connectivity index (χ1n) is 6.07. The van der Waals surface area contributed by atoms with E-state index in [4.69, 9.17) is 17.3 Å². The maximum atomic E-state index is 6.24. The minimum Gasteiger partial charge on any atom is -0.397 e. The fourth-order valence-electron chi connectivity index (χ4n) is 2.25. The van der Waals surface area contributed by atoms with Crippen LogP contribution in [0.25, 0.3) is 22.0 Å². The molecule has 3 heteroatoms. The van der Waals surface area contributed by atoms with Crippen LogP contribution in [0, 0.1) is 6.92 Å². The Hall–Kier alpha value is -2.06. The van der Waals surface area contributed by atoms with E-state index in [1.807, 2.05) is 49.4 Å². The standard InChI is InChI=1S/C16H13ClN2/c1-10-8-9-19-16(15(10)18)13-6-7-14(17)12-5-3-2-4-11(12)13/h2-9H,18H2,1H3. The van der Waals surface area contributed by atoms with Crippen molar-refractivity contribution in [3.05, 3.63) is 59.2 Å². The number of fused-ring (bicyclic) bond motifs is 1. The van der Waals surface area contributed by atoms with Gasteiger partial charge in [-0.3, -0.25) is 4.98 Å². The van der Waals surface area contributed by atoms with Gasteiger partial charge >= 0.3 is 0 Å². The summed E-state index contributed by atoms with van der Waals surface area (Å²) in [6.07, 6.45) is 1.78. The number of rotatable bonds is 1. The van der Waals surface area contributed by atoms with Crippen molar-refractivity contribution in [1.82, 2.24) is 4.98 Å². The lowest BCUT2D eigenvalue weighted by Gasteiger charge is -2.11. The Balaban J connectivity index is 2.38. The molecular weight excluding hydrogens is 256 g/mol. The van der Waals surface area contributed by atoms with Crippen LogP contribution in [0.3, 0.4) is 0 Å². The van der Waals surface area contributed by atoms with Crippen LogP contribution in [0.15, 0.2) is 48.7 Å². The lowest BCUT2D eigenvalue weighted by molar-refractivity contribution is 1.29. The van der Waals surface area contributed by atoms with Crippen molar-refractivity contribution in [3.8, 4) is 11.3 Å². The number of hydrogen-bond donors (Lipinski definition) is 1. The van der Waals surface area contributed by atoms with Crippen molar-refractivity contribution in [3.63, 3.8) is 0 Å². The number of halogens is 1. The molecule has 0 aliphatic carbocycles. The number of hydrogen-bond acceptors (Lipinski definition) is 2. The second-order valence-electron chi connectivity index (χ2n) is 4.53. The summed E-state index contributed by atoms with van der Waals surface area (Å²) >= 11 is 6.24. The van der Waals surface area contributed by atoms with Gasteiger partial charge in [-0.15, -0.1) is 0 Å². The molecule has 2 nitrogen and oxygen atoms in total. The zero-order valence-electron chi connectivity index (χ0n) is 10.5. The highest BCUT2D eigenvalue weighted by Crippen LogP contribution is 2.35. The first-order chi connectivity index (χ1) is 9.18. The zero-order valence-corrected chi connectivity index (χ0v) is 11.3. The predicted octanol–water partition coefficient (Wildman–Crippen LogP) is 4.45. The van der Waals surface area contributed by atoms with E-state index in [9.17, 15) is 0 Å². The van der Waals surface area contributed by atoms with E-state index in [1.54, 1.807) is 6.20 Å². The van der Waals surface area contributed by atoms with Gasteiger partial charge < -0.3 is 5.73 Å². The number of nitrogens with zero attached hydrogens (tertiary/aromatic N) is 1. The molecule has 1 aromatic heterocycles. The van der Waals surface area contributed by atoms with Crippen LogP contribution < -0.4 is 5.73 Å². The predicted molar refractivity (Wildman–Crippen MR) is 81.3 cm³/mol. The number of benzene rings is 2. The number of aryl methyl sites for hydroxylation is 1. The summed E-state index contributed by atoms with van der Waals surface area (Å²) in [5, 5.41) is 2.83. The SMILES string of the molecule is Cc1ccnc(-c2ccc(Cl)c3ccccc23)c1N. The first kappa shape index (κ1) is 12.0. The molecule has 2 N–H and O–H groups in total. The zero-order chi connectivity index (χ0) is 13.4. The van der Waals surface area contributed by atoms with E-state index >= 15 is 0 Å². The number of nitrogen functional groups attached to an aromatic ring is 1. The van der Waals surface area contributed by atoms with Crippen LogP contribution in [-0.4, -0.2) is 4.98 Å². The normalized spacial score (nSPS) is 10.8. The highest BCUT2D eigenvalue weighted by molar-refractivity contribution is 6.36. The Kier molecular flexibility index (Phi) is 2.88.